The van der Waals surface area contributed by atoms with Gasteiger partial charge in [0.25, 0.3) is 11.8 Å². The van der Waals surface area contributed by atoms with Gasteiger partial charge in [0, 0.05) is 12.6 Å². The number of carbonyl (C=O) groups is 2. The third-order valence-electron chi connectivity index (χ3n) is 6.20. The van der Waals surface area contributed by atoms with Gasteiger partial charge in [-0.2, -0.15) is 0 Å². The minimum atomic E-state index is -0.168. The predicted octanol–water partition coefficient (Wildman–Crippen LogP) is 4.14. The molecule has 5 rings (SSSR count). The molecular formula is C25H22N2O2. The summed E-state index contributed by atoms with van der Waals surface area (Å²) in [6, 6.07) is 28.0. The Morgan fingerprint density at radius 2 is 1.17 bits per heavy atom. The zero-order valence-corrected chi connectivity index (χ0v) is 16.2. The molecule has 0 aliphatic carbocycles. The largest absolute Gasteiger partial charge is 0.285 e. The van der Waals surface area contributed by atoms with Crippen LogP contribution >= 0.6 is 0 Å². The van der Waals surface area contributed by atoms with Crippen LogP contribution in [0, 0.1) is 0 Å². The fraction of sp³-hybridized carbons (Fsp3) is 0.200. The van der Waals surface area contributed by atoms with Crippen molar-refractivity contribution < 1.29 is 9.59 Å². The van der Waals surface area contributed by atoms with E-state index in [-0.39, 0.29) is 29.9 Å². The SMILES string of the molecule is C[C@H]1[C@@H](N2C(=O)c3ccccc3C2=O)CN1C(c1ccccc1)c1ccccc1. The van der Waals surface area contributed by atoms with E-state index in [0.717, 1.165) is 0 Å². The Bertz CT molecular complexity index is 990. The number of nitrogens with zero attached hydrogens (tertiary/aromatic N) is 2. The Labute approximate surface area is 170 Å². The quantitative estimate of drug-likeness (QED) is 0.637. The van der Waals surface area contributed by atoms with Gasteiger partial charge < -0.3 is 0 Å². The Morgan fingerprint density at radius 1 is 0.724 bits per heavy atom. The summed E-state index contributed by atoms with van der Waals surface area (Å²) in [5.74, 6) is -0.337. The Kier molecular flexibility index (Phi) is 4.29. The van der Waals surface area contributed by atoms with Crippen LogP contribution in [0.3, 0.4) is 0 Å². The fourth-order valence-electron chi connectivity index (χ4n) is 4.61. The number of likely N-dealkylation sites (tertiary alicyclic amines) is 1. The predicted molar refractivity (Wildman–Crippen MR) is 112 cm³/mol. The molecule has 4 nitrogen and oxygen atoms in total. The molecule has 2 amide bonds. The number of amides is 2. The van der Waals surface area contributed by atoms with Gasteiger partial charge in [-0.15, -0.1) is 0 Å². The first kappa shape index (κ1) is 17.8. The zero-order chi connectivity index (χ0) is 20.0. The summed E-state index contributed by atoms with van der Waals surface area (Å²) in [4.78, 5) is 29.6. The highest BCUT2D eigenvalue weighted by Crippen LogP contribution is 2.39. The minimum absolute atomic E-state index is 0.0719. The molecule has 0 bridgehead atoms. The highest BCUT2D eigenvalue weighted by molar-refractivity contribution is 6.21. The van der Waals surface area contributed by atoms with Crippen LogP contribution in [-0.4, -0.2) is 40.2 Å². The van der Waals surface area contributed by atoms with Crippen LogP contribution in [0.2, 0.25) is 0 Å². The molecule has 2 aliphatic heterocycles. The first-order valence-corrected chi connectivity index (χ1v) is 9.99. The summed E-state index contributed by atoms with van der Waals surface area (Å²) in [6.07, 6.45) is 0. The molecular weight excluding hydrogens is 360 g/mol. The van der Waals surface area contributed by atoms with Crippen LogP contribution < -0.4 is 0 Å². The minimum Gasteiger partial charge on any atom is -0.285 e. The maximum absolute atomic E-state index is 12.9. The molecule has 0 saturated carbocycles. The average Bonchev–Trinajstić information content (AvgIpc) is 3.02. The smallest absolute Gasteiger partial charge is 0.261 e. The lowest BCUT2D eigenvalue weighted by Crippen LogP contribution is -2.67. The van der Waals surface area contributed by atoms with Gasteiger partial charge in [-0.3, -0.25) is 19.4 Å². The van der Waals surface area contributed by atoms with Gasteiger partial charge >= 0.3 is 0 Å². The number of imide groups is 1. The highest BCUT2D eigenvalue weighted by Gasteiger charge is 2.50. The van der Waals surface area contributed by atoms with Gasteiger partial charge in [-0.1, -0.05) is 72.8 Å². The van der Waals surface area contributed by atoms with Crippen molar-refractivity contribution in [2.24, 2.45) is 0 Å². The molecule has 0 unspecified atom stereocenters. The van der Waals surface area contributed by atoms with Crippen LogP contribution in [0.4, 0.5) is 0 Å². The normalized spacial score (nSPS) is 21.4. The van der Waals surface area contributed by atoms with E-state index < -0.39 is 0 Å². The van der Waals surface area contributed by atoms with Crippen LogP contribution in [0.1, 0.15) is 44.8 Å². The van der Waals surface area contributed by atoms with Gasteiger partial charge in [0.05, 0.1) is 23.2 Å². The third-order valence-corrected chi connectivity index (χ3v) is 6.20. The van der Waals surface area contributed by atoms with Gasteiger partial charge in [0.15, 0.2) is 0 Å². The lowest BCUT2D eigenvalue weighted by atomic mass is 9.87. The lowest BCUT2D eigenvalue weighted by molar-refractivity contribution is -0.0211. The topological polar surface area (TPSA) is 40.6 Å². The van der Waals surface area contributed by atoms with Crippen molar-refractivity contribution in [1.82, 2.24) is 9.80 Å². The van der Waals surface area contributed by atoms with E-state index in [1.54, 1.807) is 12.1 Å². The monoisotopic (exact) mass is 382 g/mol. The molecule has 1 fully saturated rings. The molecule has 1 saturated heterocycles. The summed E-state index contributed by atoms with van der Waals surface area (Å²) >= 11 is 0. The average molecular weight is 382 g/mol. The number of benzene rings is 3. The molecule has 2 atom stereocenters. The second-order valence-corrected chi connectivity index (χ2v) is 7.75. The lowest BCUT2D eigenvalue weighted by Gasteiger charge is -2.53. The summed E-state index contributed by atoms with van der Waals surface area (Å²) in [7, 11) is 0. The maximum atomic E-state index is 12.9. The first-order valence-electron chi connectivity index (χ1n) is 9.99. The highest BCUT2D eigenvalue weighted by atomic mass is 16.2. The molecule has 29 heavy (non-hydrogen) atoms. The maximum Gasteiger partial charge on any atom is 0.261 e. The number of hydrogen-bond donors (Lipinski definition) is 0. The number of fused-ring (bicyclic) bond motifs is 1. The first-order chi connectivity index (χ1) is 14.2. The van der Waals surface area contributed by atoms with Crippen molar-refractivity contribution in [2.75, 3.05) is 6.54 Å². The molecule has 0 spiro atoms. The summed E-state index contributed by atoms with van der Waals surface area (Å²) in [5.41, 5.74) is 3.47. The van der Waals surface area contributed by atoms with Crippen molar-refractivity contribution in [3.63, 3.8) is 0 Å². The third kappa shape index (κ3) is 2.79. The number of hydrogen-bond acceptors (Lipinski definition) is 3. The molecule has 144 valence electrons. The Hall–Kier alpha value is -3.24. The van der Waals surface area contributed by atoms with Gasteiger partial charge in [0.2, 0.25) is 0 Å². The summed E-state index contributed by atoms with van der Waals surface area (Å²) < 4.78 is 0. The Balaban J connectivity index is 1.44. The zero-order valence-electron chi connectivity index (χ0n) is 16.2. The molecule has 0 radical (unpaired) electrons. The van der Waals surface area contributed by atoms with E-state index in [2.05, 4.69) is 60.4 Å². The van der Waals surface area contributed by atoms with E-state index in [1.165, 1.54) is 16.0 Å². The Morgan fingerprint density at radius 3 is 1.62 bits per heavy atom. The van der Waals surface area contributed by atoms with Gasteiger partial charge in [0.1, 0.15) is 0 Å². The molecule has 0 N–H and O–H groups in total. The number of carbonyl (C=O) groups excluding carboxylic acids is 2. The van der Waals surface area contributed by atoms with Crippen molar-refractivity contribution in [3.05, 3.63) is 107 Å². The van der Waals surface area contributed by atoms with Crippen LogP contribution in [0.25, 0.3) is 0 Å². The van der Waals surface area contributed by atoms with E-state index in [9.17, 15) is 9.59 Å². The van der Waals surface area contributed by atoms with Crippen molar-refractivity contribution in [2.45, 2.75) is 25.0 Å². The van der Waals surface area contributed by atoms with Crippen LogP contribution in [-0.2, 0) is 0 Å². The van der Waals surface area contributed by atoms with E-state index in [1.807, 2.05) is 24.3 Å². The van der Waals surface area contributed by atoms with Crippen LogP contribution in [0.15, 0.2) is 84.9 Å². The standard InChI is InChI=1S/C25H22N2O2/c1-17-22(27-24(28)20-14-8-9-15-21(20)25(27)29)16-26(17)23(18-10-4-2-5-11-18)19-12-6-3-7-13-19/h2-15,17,22-23H,16H2,1H3/t17-,22-/m0/s1. The van der Waals surface area contributed by atoms with Crippen molar-refractivity contribution in [1.29, 1.82) is 0 Å². The molecule has 2 aliphatic rings. The molecule has 3 aromatic carbocycles. The van der Waals surface area contributed by atoms with E-state index in [0.29, 0.717) is 17.7 Å². The summed E-state index contributed by atoms with van der Waals surface area (Å²) in [6.45, 7) is 2.78. The number of rotatable bonds is 4. The molecule has 0 aromatic heterocycles. The second kappa shape index (κ2) is 6.98. The van der Waals surface area contributed by atoms with E-state index in [4.69, 9.17) is 0 Å². The van der Waals surface area contributed by atoms with Crippen LogP contribution in [0.5, 0.6) is 0 Å². The van der Waals surface area contributed by atoms with Crippen molar-refractivity contribution >= 4 is 11.8 Å². The second-order valence-electron chi connectivity index (χ2n) is 7.75. The molecule has 4 heteroatoms. The molecule has 2 heterocycles. The molecule has 3 aromatic rings. The van der Waals surface area contributed by atoms with Gasteiger partial charge in [-0.05, 0) is 30.2 Å². The summed E-state index contributed by atoms with van der Waals surface area (Å²) in [5, 5.41) is 0. The fourth-order valence-corrected chi connectivity index (χ4v) is 4.61. The van der Waals surface area contributed by atoms with Crippen molar-refractivity contribution in [3.8, 4) is 0 Å². The van der Waals surface area contributed by atoms with E-state index >= 15 is 0 Å². The van der Waals surface area contributed by atoms with Gasteiger partial charge in [-0.25, -0.2) is 0 Å².